The molecule has 8 heteroatoms. The number of aromatic nitrogens is 2. The normalized spacial score (nSPS) is 11.7. The Morgan fingerprint density at radius 2 is 1.86 bits per heavy atom. The second-order valence-corrected chi connectivity index (χ2v) is 7.17. The topological polar surface area (TPSA) is 46.4 Å². The van der Waals surface area contributed by atoms with Crippen molar-refractivity contribution in [2.45, 2.75) is 12.7 Å². The highest BCUT2D eigenvalue weighted by atomic mass is 32.1. The van der Waals surface area contributed by atoms with Gasteiger partial charge in [0.15, 0.2) is 4.96 Å². The van der Waals surface area contributed by atoms with Gasteiger partial charge in [-0.2, -0.15) is 13.2 Å². The Hall–Kier alpha value is -3.13. The number of fused-ring (bicyclic) bond motifs is 1. The summed E-state index contributed by atoms with van der Waals surface area (Å²) in [5.41, 5.74) is 0.999. The fourth-order valence-corrected chi connectivity index (χ4v) is 3.72. The molecule has 1 N–H and O–H groups in total. The van der Waals surface area contributed by atoms with Crippen LogP contribution in [-0.4, -0.2) is 15.3 Å². The van der Waals surface area contributed by atoms with Gasteiger partial charge in [-0.15, -0.1) is 0 Å². The van der Waals surface area contributed by atoms with E-state index in [9.17, 15) is 18.0 Å². The van der Waals surface area contributed by atoms with E-state index in [1.165, 1.54) is 17.4 Å². The third-order valence-corrected chi connectivity index (χ3v) is 5.20. The lowest BCUT2D eigenvalue weighted by Crippen LogP contribution is -2.23. The molecule has 2 aromatic heterocycles. The largest absolute Gasteiger partial charge is 0.416 e. The van der Waals surface area contributed by atoms with E-state index in [2.05, 4.69) is 10.3 Å². The molecule has 4 rings (SSSR count). The van der Waals surface area contributed by atoms with Crippen LogP contribution in [0.2, 0.25) is 0 Å². The van der Waals surface area contributed by atoms with E-state index in [-0.39, 0.29) is 11.6 Å². The van der Waals surface area contributed by atoms with Gasteiger partial charge in [0.1, 0.15) is 5.69 Å². The zero-order chi connectivity index (χ0) is 19.7. The third kappa shape index (κ3) is 3.77. The van der Waals surface area contributed by atoms with Crippen molar-refractivity contribution in [1.29, 1.82) is 0 Å². The number of carbonyl (C=O) groups excluding carboxylic acids is 1. The van der Waals surface area contributed by atoms with Crippen molar-refractivity contribution in [2.24, 2.45) is 0 Å². The highest BCUT2D eigenvalue weighted by molar-refractivity contribution is 7.20. The first-order chi connectivity index (χ1) is 13.4. The summed E-state index contributed by atoms with van der Waals surface area (Å²) in [5, 5.41) is 2.80. The number of benzene rings is 2. The summed E-state index contributed by atoms with van der Waals surface area (Å²) in [4.78, 5) is 17.8. The van der Waals surface area contributed by atoms with Crippen LogP contribution in [0, 0.1) is 0 Å². The molecule has 2 aromatic carbocycles. The molecule has 0 fully saturated rings. The number of hydrogen-bond donors (Lipinski definition) is 1. The number of halogens is 3. The van der Waals surface area contributed by atoms with Gasteiger partial charge in [0.2, 0.25) is 0 Å². The van der Waals surface area contributed by atoms with Gasteiger partial charge in [-0.25, -0.2) is 4.98 Å². The van der Waals surface area contributed by atoms with Gasteiger partial charge in [-0.3, -0.25) is 9.20 Å². The van der Waals surface area contributed by atoms with Gasteiger partial charge in [0.25, 0.3) is 5.91 Å². The number of thiazole rings is 1. The predicted molar refractivity (Wildman–Crippen MR) is 101 cm³/mol. The van der Waals surface area contributed by atoms with Crippen molar-refractivity contribution in [2.75, 3.05) is 0 Å². The lowest BCUT2D eigenvalue weighted by Gasteiger charge is -2.07. The van der Waals surface area contributed by atoms with Crippen LogP contribution in [0.25, 0.3) is 15.4 Å². The van der Waals surface area contributed by atoms with Gasteiger partial charge in [0, 0.05) is 18.9 Å². The maximum absolute atomic E-state index is 12.9. The van der Waals surface area contributed by atoms with Crippen molar-refractivity contribution in [3.8, 4) is 10.4 Å². The summed E-state index contributed by atoms with van der Waals surface area (Å²) in [6, 6.07) is 14.7. The number of carbonyl (C=O) groups is 1. The molecule has 4 nitrogen and oxygen atoms in total. The molecular formula is C20H14F3N3OS. The monoisotopic (exact) mass is 401 g/mol. The maximum Gasteiger partial charge on any atom is 0.416 e. The number of rotatable bonds is 4. The van der Waals surface area contributed by atoms with Crippen molar-refractivity contribution in [3.63, 3.8) is 0 Å². The van der Waals surface area contributed by atoms with Gasteiger partial charge in [0.05, 0.1) is 10.4 Å². The maximum atomic E-state index is 12.9. The number of hydrogen-bond acceptors (Lipinski definition) is 3. The summed E-state index contributed by atoms with van der Waals surface area (Å²) in [6.45, 7) is 0.389. The standard InChI is InChI=1S/C20H14F3N3OS/c21-20(22,23)15-8-4-7-14(9-15)17-12-26-11-16(25-19(26)28-17)18(27)24-10-13-5-2-1-3-6-13/h1-9,11-12H,10H2,(H,24,27). The molecule has 0 aliphatic heterocycles. The fourth-order valence-electron chi connectivity index (χ4n) is 2.76. The quantitative estimate of drug-likeness (QED) is 0.522. The molecule has 0 saturated carbocycles. The van der Waals surface area contributed by atoms with Crippen LogP contribution in [0.4, 0.5) is 13.2 Å². The van der Waals surface area contributed by atoms with Crippen LogP contribution < -0.4 is 5.32 Å². The minimum atomic E-state index is -4.39. The second kappa shape index (κ2) is 7.12. The van der Waals surface area contributed by atoms with Crippen LogP contribution >= 0.6 is 11.3 Å². The van der Waals surface area contributed by atoms with Crippen molar-refractivity contribution >= 4 is 22.2 Å². The number of alkyl halides is 3. The molecule has 0 saturated heterocycles. The molecule has 142 valence electrons. The molecule has 0 aliphatic rings. The Morgan fingerprint density at radius 3 is 2.57 bits per heavy atom. The summed E-state index contributed by atoms with van der Waals surface area (Å²) in [7, 11) is 0. The Bertz CT molecular complexity index is 1100. The van der Waals surface area contributed by atoms with E-state index in [4.69, 9.17) is 0 Å². The zero-order valence-corrected chi connectivity index (χ0v) is 15.2. The summed E-state index contributed by atoms with van der Waals surface area (Å²) in [6.07, 6.45) is -1.14. The molecular weight excluding hydrogens is 387 g/mol. The lowest BCUT2D eigenvalue weighted by atomic mass is 10.1. The van der Waals surface area contributed by atoms with Gasteiger partial charge >= 0.3 is 6.18 Å². The zero-order valence-electron chi connectivity index (χ0n) is 14.4. The minimum absolute atomic E-state index is 0.262. The molecule has 2 heterocycles. The Labute approximate surface area is 162 Å². The molecule has 0 aliphatic carbocycles. The third-order valence-electron chi connectivity index (χ3n) is 4.16. The molecule has 0 unspecified atom stereocenters. The molecule has 4 aromatic rings. The Balaban J connectivity index is 1.53. The van der Waals surface area contributed by atoms with Gasteiger partial charge < -0.3 is 5.32 Å². The average Bonchev–Trinajstić information content (AvgIpc) is 3.26. The summed E-state index contributed by atoms with van der Waals surface area (Å²) >= 11 is 1.23. The van der Waals surface area contributed by atoms with Crippen LogP contribution in [0.5, 0.6) is 0 Å². The van der Waals surface area contributed by atoms with E-state index in [0.717, 1.165) is 17.7 Å². The number of amides is 1. The first kappa shape index (κ1) is 18.2. The molecule has 1 amide bonds. The number of nitrogens with zero attached hydrogens (tertiary/aromatic N) is 2. The van der Waals surface area contributed by atoms with E-state index in [0.29, 0.717) is 21.9 Å². The van der Waals surface area contributed by atoms with E-state index < -0.39 is 11.7 Å². The van der Waals surface area contributed by atoms with Crippen molar-refractivity contribution in [1.82, 2.24) is 14.7 Å². The highest BCUT2D eigenvalue weighted by Crippen LogP contribution is 2.34. The highest BCUT2D eigenvalue weighted by Gasteiger charge is 2.30. The van der Waals surface area contributed by atoms with Crippen LogP contribution in [0.15, 0.2) is 67.0 Å². The van der Waals surface area contributed by atoms with Gasteiger partial charge in [-0.05, 0) is 23.3 Å². The van der Waals surface area contributed by atoms with Crippen LogP contribution in [0.1, 0.15) is 21.6 Å². The molecule has 0 spiro atoms. The van der Waals surface area contributed by atoms with E-state index >= 15 is 0 Å². The Morgan fingerprint density at radius 1 is 1.07 bits per heavy atom. The van der Waals surface area contributed by atoms with Gasteiger partial charge in [-0.1, -0.05) is 53.8 Å². The van der Waals surface area contributed by atoms with E-state index in [1.54, 1.807) is 22.9 Å². The molecule has 0 radical (unpaired) electrons. The Kier molecular flexibility index (Phi) is 4.64. The fraction of sp³-hybridized carbons (Fsp3) is 0.100. The van der Waals surface area contributed by atoms with Crippen molar-refractivity contribution in [3.05, 3.63) is 83.8 Å². The van der Waals surface area contributed by atoms with E-state index in [1.807, 2.05) is 30.3 Å². The van der Waals surface area contributed by atoms with Crippen LogP contribution in [-0.2, 0) is 12.7 Å². The minimum Gasteiger partial charge on any atom is -0.347 e. The number of nitrogens with one attached hydrogen (secondary N) is 1. The number of imidazole rings is 1. The molecule has 0 bridgehead atoms. The molecule has 0 atom stereocenters. The lowest BCUT2D eigenvalue weighted by molar-refractivity contribution is -0.137. The van der Waals surface area contributed by atoms with Crippen LogP contribution in [0.3, 0.4) is 0 Å². The summed E-state index contributed by atoms with van der Waals surface area (Å²) in [5.74, 6) is -0.305. The molecule has 28 heavy (non-hydrogen) atoms. The SMILES string of the molecule is O=C(NCc1ccccc1)c1cn2cc(-c3cccc(C(F)(F)F)c3)sc2n1. The first-order valence-electron chi connectivity index (χ1n) is 8.38. The second-order valence-electron chi connectivity index (χ2n) is 6.16. The van der Waals surface area contributed by atoms with Crippen molar-refractivity contribution < 1.29 is 18.0 Å². The summed E-state index contributed by atoms with van der Waals surface area (Å²) < 4.78 is 40.4. The predicted octanol–water partition coefficient (Wildman–Crippen LogP) is 5.01. The first-order valence-corrected chi connectivity index (χ1v) is 9.20. The smallest absolute Gasteiger partial charge is 0.347 e. The average molecular weight is 401 g/mol.